The lowest BCUT2D eigenvalue weighted by Gasteiger charge is -2.35. The molecule has 4 rings (SSSR count). The third kappa shape index (κ3) is 5.83. The highest BCUT2D eigenvalue weighted by Gasteiger charge is 2.30. The van der Waals surface area contributed by atoms with Gasteiger partial charge in [-0.15, -0.1) is 11.3 Å². The van der Waals surface area contributed by atoms with Crippen LogP contribution >= 0.6 is 11.3 Å². The normalized spacial score (nSPS) is 15.2. The first-order valence-corrected chi connectivity index (χ1v) is 13.0. The molecular formula is C23H27N3O5S2. The van der Waals surface area contributed by atoms with Crippen LogP contribution in [-0.2, 0) is 27.9 Å². The zero-order chi connectivity index (χ0) is 23.3. The first-order chi connectivity index (χ1) is 16.0. The molecule has 0 spiro atoms. The maximum absolute atomic E-state index is 13.0. The fourth-order valence-electron chi connectivity index (χ4n) is 3.78. The fourth-order valence-corrected chi connectivity index (χ4v) is 5.95. The van der Waals surface area contributed by atoms with E-state index in [0.717, 1.165) is 5.76 Å². The minimum absolute atomic E-state index is 0.0143. The van der Waals surface area contributed by atoms with Crippen molar-refractivity contribution in [3.63, 3.8) is 0 Å². The van der Waals surface area contributed by atoms with Crippen molar-refractivity contribution in [1.82, 2.24) is 14.1 Å². The van der Waals surface area contributed by atoms with Gasteiger partial charge in [0.25, 0.3) is 0 Å². The number of carbonyl (C=O) groups excluding carboxylic acids is 1. The molecule has 33 heavy (non-hydrogen) atoms. The highest BCUT2D eigenvalue weighted by atomic mass is 32.2. The summed E-state index contributed by atoms with van der Waals surface area (Å²) in [6, 6.07) is 14.1. The minimum Gasteiger partial charge on any atom is -0.497 e. The molecule has 0 aliphatic carbocycles. The molecule has 10 heteroatoms. The highest BCUT2D eigenvalue weighted by Crippen LogP contribution is 2.21. The molecule has 3 aromatic rings. The number of amides is 1. The fraction of sp³-hybridized carbons (Fsp3) is 0.348. The number of thiophene rings is 1. The summed E-state index contributed by atoms with van der Waals surface area (Å²) in [5.41, 5.74) is 0. The van der Waals surface area contributed by atoms with Gasteiger partial charge in [0.05, 0.1) is 31.4 Å². The van der Waals surface area contributed by atoms with E-state index < -0.39 is 10.0 Å². The van der Waals surface area contributed by atoms with E-state index in [1.807, 2.05) is 34.5 Å². The van der Waals surface area contributed by atoms with Crippen LogP contribution in [0.1, 0.15) is 10.6 Å². The van der Waals surface area contributed by atoms with Gasteiger partial charge >= 0.3 is 0 Å². The highest BCUT2D eigenvalue weighted by molar-refractivity contribution is 7.89. The zero-order valence-corrected chi connectivity index (χ0v) is 20.1. The lowest BCUT2D eigenvalue weighted by Crippen LogP contribution is -2.52. The van der Waals surface area contributed by atoms with Gasteiger partial charge in [-0.1, -0.05) is 6.07 Å². The lowest BCUT2D eigenvalue weighted by molar-refractivity contribution is -0.133. The third-order valence-corrected chi connectivity index (χ3v) is 8.34. The molecule has 3 heterocycles. The molecule has 1 aliphatic heterocycles. The SMILES string of the molecule is COc1ccc(S(=O)(=O)N2CCN(C(=O)CN(Cc3ccco3)Cc3cccs3)CC2)cc1. The summed E-state index contributed by atoms with van der Waals surface area (Å²) in [7, 11) is -2.07. The van der Waals surface area contributed by atoms with E-state index >= 15 is 0 Å². The Morgan fingerprint density at radius 2 is 1.82 bits per heavy atom. The summed E-state index contributed by atoms with van der Waals surface area (Å²) < 4.78 is 37.9. The number of hydrogen-bond donors (Lipinski definition) is 0. The predicted molar refractivity (Wildman–Crippen MR) is 125 cm³/mol. The second-order valence-corrected chi connectivity index (χ2v) is 10.7. The standard InChI is InChI=1S/C23H27N3O5S2/c1-30-19-6-8-22(9-7-19)33(28,29)26-12-10-25(11-13-26)23(27)18-24(16-20-4-2-14-31-20)17-21-5-3-15-32-21/h2-9,14-15H,10-13,16-18H2,1H3. The second kappa shape index (κ2) is 10.5. The number of hydrogen-bond acceptors (Lipinski definition) is 7. The van der Waals surface area contributed by atoms with Gasteiger partial charge < -0.3 is 14.1 Å². The maximum Gasteiger partial charge on any atom is 0.243 e. The van der Waals surface area contributed by atoms with Gasteiger partial charge in [0.1, 0.15) is 11.5 Å². The van der Waals surface area contributed by atoms with Crippen molar-refractivity contribution in [2.24, 2.45) is 0 Å². The Bertz CT molecular complexity index is 1090. The molecule has 8 nitrogen and oxygen atoms in total. The van der Waals surface area contributed by atoms with Crippen molar-refractivity contribution in [2.45, 2.75) is 18.0 Å². The van der Waals surface area contributed by atoms with Crippen LogP contribution < -0.4 is 4.74 Å². The molecule has 1 aliphatic rings. The average molecular weight is 490 g/mol. The van der Waals surface area contributed by atoms with E-state index in [4.69, 9.17) is 9.15 Å². The van der Waals surface area contributed by atoms with Crippen LogP contribution in [0.5, 0.6) is 5.75 Å². The maximum atomic E-state index is 13.0. The summed E-state index contributed by atoms with van der Waals surface area (Å²) in [4.78, 5) is 18.2. The Hall–Kier alpha value is -2.66. The quantitative estimate of drug-likeness (QED) is 0.460. The molecule has 0 unspecified atom stereocenters. The number of carbonyl (C=O) groups is 1. The second-order valence-electron chi connectivity index (χ2n) is 7.76. The molecule has 0 N–H and O–H groups in total. The molecule has 0 bridgehead atoms. The van der Waals surface area contributed by atoms with Gasteiger partial charge in [-0.05, 0) is 47.8 Å². The van der Waals surface area contributed by atoms with Crippen LogP contribution in [0.15, 0.2) is 69.5 Å². The number of sulfonamides is 1. The Balaban J connectivity index is 1.36. The van der Waals surface area contributed by atoms with Crippen LogP contribution in [0.4, 0.5) is 0 Å². The average Bonchev–Trinajstić information content (AvgIpc) is 3.53. The van der Waals surface area contributed by atoms with Crippen LogP contribution in [-0.4, -0.2) is 68.3 Å². The topological polar surface area (TPSA) is 83.3 Å². The number of methoxy groups -OCH3 is 1. The monoisotopic (exact) mass is 489 g/mol. The Morgan fingerprint density at radius 3 is 2.42 bits per heavy atom. The summed E-state index contributed by atoms with van der Waals surface area (Å²) in [5.74, 6) is 1.39. The van der Waals surface area contributed by atoms with Gasteiger partial charge in [-0.3, -0.25) is 9.69 Å². The van der Waals surface area contributed by atoms with Crippen LogP contribution in [0, 0.1) is 0 Å². The third-order valence-electron chi connectivity index (χ3n) is 5.57. The molecule has 1 fully saturated rings. The summed E-state index contributed by atoms with van der Waals surface area (Å²) in [5, 5.41) is 2.02. The van der Waals surface area contributed by atoms with Crippen molar-refractivity contribution in [2.75, 3.05) is 39.8 Å². The van der Waals surface area contributed by atoms with Crippen molar-refractivity contribution >= 4 is 27.3 Å². The number of furan rings is 1. The van der Waals surface area contributed by atoms with Crippen LogP contribution in [0.25, 0.3) is 0 Å². The molecule has 1 saturated heterocycles. The van der Waals surface area contributed by atoms with Crippen molar-refractivity contribution < 1.29 is 22.4 Å². The molecule has 1 amide bonds. The number of ether oxygens (including phenoxy) is 1. The van der Waals surface area contributed by atoms with Gasteiger partial charge in [0.15, 0.2) is 0 Å². The van der Waals surface area contributed by atoms with E-state index in [-0.39, 0.29) is 30.4 Å². The van der Waals surface area contributed by atoms with Gasteiger partial charge in [-0.2, -0.15) is 4.31 Å². The Morgan fingerprint density at radius 1 is 1.06 bits per heavy atom. The molecule has 0 saturated carbocycles. The predicted octanol–water partition coefficient (Wildman–Crippen LogP) is 2.89. The van der Waals surface area contributed by atoms with E-state index in [9.17, 15) is 13.2 Å². The van der Waals surface area contributed by atoms with E-state index in [2.05, 4.69) is 0 Å². The van der Waals surface area contributed by atoms with Gasteiger partial charge in [-0.25, -0.2) is 8.42 Å². The molecule has 176 valence electrons. The number of rotatable bonds is 9. The van der Waals surface area contributed by atoms with Crippen molar-refractivity contribution in [1.29, 1.82) is 0 Å². The van der Waals surface area contributed by atoms with Gasteiger partial charge in [0.2, 0.25) is 15.9 Å². The first-order valence-electron chi connectivity index (χ1n) is 10.6. The largest absolute Gasteiger partial charge is 0.497 e. The summed E-state index contributed by atoms with van der Waals surface area (Å²) in [6.45, 7) is 2.68. The van der Waals surface area contributed by atoms with E-state index in [0.29, 0.717) is 31.9 Å². The molecule has 0 radical (unpaired) electrons. The first kappa shape index (κ1) is 23.5. The van der Waals surface area contributed by atoms with Gasteiger partial charge in [0, 0.05) is 37.6 Å². The minimum atomic E-state index is -3.61. The van der Waals surface area contributed by atoms with Crippen LogP contribution in [0.2, 0.25) is 0 Å². The van der Waals surface area contributed by atoms with Crippen LogP contribution in [0.3, 0.4) is 0 Å². The number of benzene rings is 1. The molecule has 1 aromatic carbocycles. The van der Waals surface area contributed by atoms with Crippen molar-refractivity contribution in [3.8, 4) is 5.75 Å². The summed E-state index contributed by atoms with van der Waals surface area (Å²) in [6.07, 6.45) is 1.63. The number of nitrogens with zero attached hydrogens (tertiary/aromatic N) is 3. The number of piperazine rings is 1. The Labute approximate surface area is 198 Å². The van der Waals surface area contributed by atoms with E-state index in [1.165, 1.54) is 16.3 Å². The summed E-state index contributed by atoms with van der Waals surface area (Å²) >= 11 is 1.65. The van der Waals surface area contributed by atoms with Crippen molar-refractivity contribution in [3.05, 3.63) is 70.8 Å². The molecular weight excluding hydrogens is 462 g/mol. The lowest BCUT2D eigenvalue weighted by atomic mass is 10.3. The zero-order valence-electron chi connectivity index (χ0n) is 18.4. The Kier molecular flexibility index (Phi) is 7.49. The molecule has 0 atom stereocenters. The smallest absolute Gasteiger partial charge is 0.243 e. The van der Waals surface area contributed by atoms with E-state index in [1.54, 1.807) is 46.8 Å². The molecule has 2 aromatic heterocycles.